The van der Waals surface area contributed by atoms with Crippen molar-refractivity contribution in [2.24, 2.45) is 5.73 Å². The lowest BCUT2D eigenvalue weighted by molar-refractivity contribution is -0.130. The molecule has 29 heavy (non-hydrogen) atoms. The predicted octanol–water partition coefficient (Wildman–Crippen LogP) is 3.22. The first-order valence-corrected chi connectivity index (χ1v) is 10.2. The number of carbonyl (C=O) groups is 2. The summed E-state index contributed by atoms with van der Waals surface area (Å²) in [5.41, 5.74) is 7.98. The maximum Gasteiger partial charge on any atom is 0.261 e. The number of benzene rings is 1. The molecule has 1 aromatic heterocycles. The summed E-state index contributed by atoms with van der Waals surface area (Å²) in [6, 6.07) is 4.51. The fourth-order valence-corrected chi connectivity index (χ4v) is 3.95. The van der Waals surface area contributed by atoms with E-state index in [9.17, 15) is 9.59 Å². The Hall–Kier alpha value is -2.83. The summed E-state index contributed by atoms with van der Waals surface area (Å²) in [7, 11) is 0. The van der Waals surface area contributed by atoms with Crippen LogP contribution in [0.3, 0.4) is 0 Å². The van der Waals surface area contributed by atoms with Gasteiger partial charge in [-0.2, -0.15) is 5.10 Å². The smallest absolute Gasteiger partial charge is 0.261 e. The lowest BCUT2D eigenvalue weighted by Gasteiger charge is -2.37. The number of nitrogens with two attached hydrogens (primary N) is 1. The molecule has 154 valence electrons. The van der Waals surface area contributed by atoms with Crippen LogP contribution in [0.1, 0.15) is 58.6 Å². The number of ether oxygens (including phenoxy) is 1. The van der Waals surface area contributed by atoms with E-state index in [0.717, 1.165) is 48.1 Å². The standard InChI is InChI=1S/C22H28N4O3/c1-13-5-8-18-19(26(13)14(2)27)10-9-17(20(18)29-22(3,4)21(23)28)15-11-24-25(12-15)16-6-7-16/h9-13,16H,5-8H2,1-4H3,(H2,23,28). The summed E-state index contributed by atoms with van der Waals surface area (Å²) in [6.07, 6.45) is 7.74. The predicted molar refractivity (Wildman–Crippen MR) is 111 cm³/mol. The van der Waals surface area contributed by atoms with Gasteiger partial charge in [-0.25, -0.2) is 0 Å². The van der Waals surface area contributed by atoms with Crippen LogP contribution in [0.5, 0.6) is 5.75 Å². The zero-order valence-corrected chi connectivity index (χ0v) is 17.4. The number of anilines is 1. The number of hydrogen-bond donors (Lipinski definition) is 1. The quantitative estimate of drug-likeness (QED) is 0.840. The molecule has 4 rings (SSSR count). The number of aromatic nitrogens is 2. The van der Waals surface area contributed by atoms with Crippen molar-refractivity contribution in [2.75, 3.05) is 4.90 Å². The molecule has 2 heterocycles. The Bertz CT molecular complexity index is 974. The van der Waals surface area contributed by atoms with Crippen molar-refractivity contribution in [2.45, 2.75) is 71.1 Å². The highest BCUT2D eigenvalue weighted by atomic mass is 16.5. The molecule has 7 nitrogen and oxygen atoms in total. The van der Waals surface area contributed by atoms with E-state index in [-0.39, 0.29) is 11.9 Å². The van der Waals surface area contributed by atoms with Gasteiger partial charge < -0.3 is 15.4 Å². The largest absolute Gasteiger partial charge is 0.477 e. The molecule has 2 N–H and O–H groups in total. The van der Waals surface area contributed by atoms with Crippen LogP contribution in [0.4, 0.5) is 5.69 Å². The van der Waals surface area contributed by atoms with Gasteiger partial charge in [-0.15, -0.1) is 0 Å². The molecule has 1 unspecified atom stereocenters. The van der Waals surface area contributed by atoms with Gasteiger partial charge in [0.25, 0.3) is 5.91 Å². The molecule has 1 fully saturated rings. The number of hydrogen-bond acceptors (Lipinski definition) is 4. The van der Waals surface area contributed by atoms with Crippen LogP contribution in [0, 0.1) is 0 Å². The van der Waals surface area contributed by atoms with Crippen molar-refractivity contribution in [3.8, 4) is 16.9 Å². The highest BCUT2D eigenvalue weighted by molar-refractivity contribution is 5.95. The molecular weight excluding hydrogens is 368 g/mol. The Balaban J connectivity index is 1.86. The highest BCUT2D eigenvalue weighted by Gasteiger charge is 2.34. The molecule has 2 amide bonds. The first-order chi connectivity index (χ1) is 13.7. The van der Waals surface area contributed by atoms with E-state index in [1.54, 1.807) is 25.7 Å². The van der Waals surface area contributed by atoms with Gasteiger partial charge in [-0.3, -0.25) is 14.3 Å². The minimum absolute atomic E-state index is 0.00661. The summed E-state index contributed by atoms with van der Waals surface area (Å²) in [5.74, 6) is 0.0648. The van der Waals surface area contributed by atoms with Gasteiger partial charge in [0.15, 0.2) is 5.60 Å². The molecule has 7 heteroatoms. The lowest BCUT2D eigenvalue weighted by Crippen LogP contribution is -2.44. The van der Waals surface area contributed by atoms with Crippen LogP contribution in [0.15, 0.2) is 24.5 Å². The van der Waals surface area contributed by atoms with Gasteiger partial charge in [0.05, 0.1) is 17.9 Å². The normalized spacial score (nSPS) is 19.0. The molecule has 1 atom stereocenters. The number of fused-ring (bicyclic) bond motifs is 1. The maximum absolute atomic E-state index is 12.3. The first kappa shape index (κ1) is 19.5. The SMILES string of the molecule is CC(=O)N1c2ccc(-c3cnn(C4CC4)c3)c(OC(C)(C)C(N)=O)c2CCC1C. The lowest BCUT2D eigenvalue weighted by atomic mass is 9.92. The van der Waals surface area contributed by atoms with Crippen LogP contribution in [0.25, 0.3) is 11.1 Å². The molecular formula is C22H28N4O3. The maximum atomic E-state index is 12.3. The summed E-state index contributed by atoms with van der Waals surface area (Å²) in [5, 5.41) is 4.50. The van der Waals surface area contributed by atoms with Crippen LogP contribution < -0.4 is 15.4 Å². The third kappa shape index (κ3) is 3.50. The second kappa shape index (κ2) is 6.90. The van der Waals surface area contributed by atoms with Crippen molar-refractivity contribution >= 4 is 17.5 Å². The molecule has 1 aliphatic heterocycles. The molecule has 2 aromatic rings. The minimum Gasteiger partial charge on any atom is -0.477 e. The van der Waals surface area contributed by atoms with Gasteiger partial charge in [-0.05, 0) is 58.6 Å². The van der Waals surface area contributed by atoms with Gasteiger partial charge >= 0.3 is 0 Å². The molecule has 1 aromatic carbocycles. The zero-order chi connectivity index (χ0) is 20.9. The van der Waals surface area contributed by atoms with Crippen LogP contribution in [0.2, 0.25) is 0 Å². The van der Waals surface area contributed by atoms with Crippen molar-refractivity contribution in [1.29, 1.82) is 0 Å². The molecule has 2 aliphatic rings. The molecule has 1 aliphatic carbocycles. The Labute approximate surface area is 170 Å². The molecule has 1 saturated carbocycles. The zero-order valence-electron chi connectivity index (χ0n) is 17.4. The van der Waals surface area contributed by atoms with Gasteiger partial charge in [0, 0.05) is 35.9 Å². The number of carbonyl (C=O) groups excluding carboxylic acids is 2. The monoisotopic (exact) mass is 396 g/mol. The Kier molecular flexibility index (Phi) is 4.63. The average Bonchev–Trinajstić information content (AvgIpc) is 3.38. The Morgan fingerprint density at radius 2 is 1.97 bits per heavy atom. The number of primary amides is 1. The molecule has 0 spiro atoms. The summed E-state index contributed by atoms with van der Waals surface area (Å²) in [6.45, 7) is 6.96. The van der Waals surface area contributed by atoms with Crippen molar-refractivity contribution < 1.29 is 14.3 Å². The van der Waals surface area contributed by atoms with Gasteiger partial charge in [-0.1, -0.05) is 0 Å². The Morgan fingerprint density at radius 1 is 1.24 bits per heavy atom. The van der Waals surface area contributed by atoms with Crippen molar-refractivity contribution in [3.63, 3.8) is 0 Å². The molecule has 0 saturated heterocycles. The van der Waals surface area contributed by atoms with E-state index >= 15 is 0 Å². The van der Waals surface area contributed by atoms with Crippen molar-refractivity contribution in [1.82, 2.24) is 9.78 Å². The first-order valence-electron chi connectivity index (χ1n) is 10.2. The van der Waals surface area contributed by atoms with Gasteiger partial charge in [0.2, 0.25) is 5.91 Å². The third-order valence-electron chi connectivity index (χ3n) is 5.87. The second-order valence-corrected chi connectivity index (χ2v) is 8.63. The van der Waals surface area contributed by atoms with Crippen LogP contribution >= 0.6 is 0 Å². The van der Waals surface area contributed by atoms with Gasteiger partial charge in [0.1, 0.15) is 5.75 Å². The topological polar surface area (TPSA) is 90.4 Å². The molecule has 0 radical (unpaired) electrons. The highest BCUT2D eigenvalue weighted by Crippen LogP contribution is 2.45. The summed E-state index contributed by atoms with van der Waals surface area (Å²) in [4.78, 5) is 26.1. The minimum atomic E-state index is -1.18. The number of rotatable bonds is 5. The van der Waals surface area contributed by atoms with E-state index in [2.05, 4.69) is 5.10 Å². The molecule has 0 bridgehead atoms. The third-order valence-corrected chi connectivity index (χ3v) is 5.87. The Morgan fingerprint density at radius 3 is 2.59 bits per heavy atom. The van der Waals surface area contributed by atoms with Crippen LogP contribution in [-0.4, -0.2) is 33.2 Å². The number of nitrogens with zero attached hydrogens (tertiary/aromatic N) is 3. The van der Waals surface area contributed by atoms with Crippen LogP contribution in [-0.2, 0) is 16.0 Å². The van der Waals surface area contributed by atoms with E-state index in [4.69, 9.17) is 10.5 Å². The van der Waals surface area contributed by atoms with E-state index in [1.807, 2.05) is 36.1 Å². The average molecular weight is 396 g/mol. The summed E-state index contributed by atoms with van der Waals surface area (Å²) >= 11 is 0. The fraction of sp³-hybridized carbons (Fsp3) is 0.500. The van der Waals surface area contributed by atoms with E-state index in [0.29, 0.717) is 11.8 Å². The second-order valence-electron chi connectivity index (χ2n) is 8.63. The fourth-order valence-electron chi connectivity index (χ4n) is 3.95. The van der Waals surface area contributed by atoms with E-state index < -0.39 is 11.5 Å². The van der Waals surface area contributed by atoms with E-state index in [1.165, 1.54) is 0 Å². The summed E-state index contributed by atoms with van der Waals surface area (Å²) < 4.78 is 8.23. The number of amides is 2. The van der Waals surface area contributed by atoms with Crippen molar-refractivity contribution in [3.05, 3.63) is 30.1 Å².